The van der Waals surface area contributed by atoms with Crippen molar-refractivity contribution in [3.05, 3.63) is 23.5 Å². The molecule has 14 heavy (non-hydrogen) atoms. The average Bonchev–Trinajstić information content (AvgIpc) is 2.04. The highest BCUT2D eigenvalue weighted by molar-refractivity contribution is 5.53. The first-order valence-corrected chi connectivity index (χ1v) is 3.61. The molecule has 0 radical (unpaired) electrons. The van der Waals surface area contributed by atoms with Crippen molar-refractivity contribution < 1.29 is 22.3 Å². The van der Waals surface area contributed by atoms with Crippen LogP contribution in [0.1, 0.15) is 5.56 Å². The minimum atomic E-state index is -4.92. The fourth-order valence-corrected chi connectivity index (χ4v) is 0.915. The number of anilines is 1. The van der Waals surface area contributed by atoms with E-state index in [1.165, 1.54) is 13.0 Å². The normalized spacial score (nSPS) is 11.5. The van der Waals surface area contributed by atoms with E-state index in [2.05, 4.69) is 4.74 Å². The lowest BCUT2D eigenvalue weighted by molar-refractivity contribution is -0.275. The summed E-state index contributed by atoms with van der Waals surface area (Å²) in [5.41, 5.74) is 5.27. The fraction of sp³-hybridized carbons (Fsp3) is 0.250. The monoisotopic (exact) mass is 209 g/mol. The molecule has 1 rings (SSSR count). The Labute approximate surface area is 77.3 Å². The Bertz CT molecular complexity index is 348. The Morgan fingerprint density at radius 3 is 2.36 bits per heavy atom. The molecule has 6 heteroatoms. The Kier molecular flexibility index (Phi) is 2.55. The van der Waals surface area contributed by atoms with Crippen LogP contribution in [0.5, 0.6) is 5.75 Å². The Morgan fingerprint density at radius 1 is 1.29 bits per heavy atom. The van der Waals surface area contributed by atoms with Crippen LogP contribution in [0.15, 0.2) is 12.1 Å². The van der Waals surface area contributed by atoms with Gasteiger partial charge in [-0.15, -0.1) is 13.2 Å². The summed E-state index contributed by atoms with van der Waals surface area (Å²) in [6, 6.07) is 2.00. The van der Waals surface area contributed by atoms with Gasteiger partial charge in [0.15, 0.2) is 11.6 Å². The molecule has 1 aromatic rings. The van der Waals surface area contributed by atoms with E-state index in [4.69, 9.17) is 5.73 Å². The molecule has 0 aliphatic rings. The Morgan fingerprint density at radius 2 is 1.86 bits per heavy atom. The first-order chi connectivity index (χ1) is 6.31. The van der Waals surface area contributed by atoms with Gasteiger partial charge in [-0.2, -0.15) is 0 Å². The zero-order chi connectivity index (χ0) is 10.9. The van der Waals surface area contributed by atoms with E-state index >= 15 is 0 Å². The molecule has 0 fully saturated rings. The summed E-state index contributed by atoms with van der Waals surface area (Å²) in [6.07, 6.45) is -4.92. The van der Waals surface area contributed by atoms with Crippen LogP contribution < -0.4 is 10.5 Å². The third-order valence-electron chi connectivity index (χ3n) is 1.62. The summed E-state index contributed by atoms with van der Waals surface area (Å²) in [4.78, 5) is 0. The van der Waals surface area contributed by atoms with Crippen LogP contribution in [-0.2, 0) is 0 Å². The maximum Gasteiger partial charge on any atom is 0.573 e. The molecule has 2 nitrogen and oxygen atoms in total. The first-order valence-electron chi connectivity index (χ1n) is 3.61. The smallest absolute Gasteiger partial charge is 0.402 e. The van der Waals surface area contributed by atoms with E-state index < -0.39 is 17.9 Å². The zero-order valence-corrected chi connectivity index (χ0v) is 7.15. The van der Waals surface area contributed by atoms with Gasteiger partial charge in [0.05, 0.1) is 0 Å². The van der Waals surface area contributed by atoms with Gasteiger partial charge in [-0.3, -0.25) is 0 Å². The molecular formula is C8H7F4NO. The lowest BCUT2D eigenvalue weighted by Crippen LogP contribution is -2.19. The van der Waals surface area contributed by atoms with Crippen molar-refractivity contribution in [1.82, 2.24) is 0 Å². The second-order valence-corrected chi connectivity index (χ2v) is 2.64. The summed E-state index contributed by atoms with van der Waals surface area (Å²) >= 11 is 0. The molecule has 0 saturated carbocycles. The van der Waals surface area contributed by atoms with E-state index in [1.54, 1.807) is 0 Å². The number of alkyl halides is 3. The first kappa shape index (κ1) is 10.6. The Balaban J connectivity index is 3.13. The van der Waals surface area contributed by atoms with E-state index in [0.717, 1.165) is 6.07 Å². The maximum absolute atomic E-state index is 12.9. The van der Waals surface area contributed by atoms with Crippen LogP contribution in [-0.4, -0.2) is 6.36 Å². The molecule has 2 N–H and O–H groups in total. The number of hydrogen-bond donors (Lipinski definition) is 1. The van der Waals surface area contributed by atoms with Gasteiger partial charge < -0.3 is 10.5 Å². The molecule has 0 aromatic heterocycles. The van der Waals surface area contributed by atoms with Gasteiger partial charge in [-0.25, -0.2) is 4.39 Å². The second-order valence-electron chi connectivity index (χ2n) is 2.64. The quantitative estimate of drug-likeness (QED) is 0.570. The molecule has 0 aliphatic carbocycles. The van der Waals surface area contributed by atoms with Crippen molar-refractivity contribution in [2.45, 2.75) is 13.3 Å². The fourth-order valence-electron chi connectivity index (χ4n) is 0.915. The summed E-state index contributed by atoms with van der Waals surface area (Å²) in [5.74, 6) is -1.97. The number of benzene rings is 1. The van der Waals surface area contributed by atoms with Gasteiger partial charge in [0, 0.05) is 11.3 Å². The van der Waals surface area contributed by atoms with Crippen molar-refractivity contribution in [2.75, 3.05) is 5.73 Å². The van der Waals surface area contributed by atoms with Crippen LogP contribution in [0.2, 0.25) is 0 Å². The minimum absolute atomic E-state index is 0.0469. The van der Waals surface area contributed by atoms with Crippen molar-refractivity contribution in [2.24, 2.45) is 0 Å². The Hall–Kier alpha value is -1.46. The van der Waals surface area contributed by atoms with Gasteiger partial charge in [0.2, 0.25) is 0 Å². The molecule has 0 atom stereocenters. The molecule has 0 spiro atoms. The van der Waals surface area contributed by atoms with Crippen LogP contribution in [0.4, 0.5) is 23.2 Å². The predicted octanol–water partition coefficient (Wildman–Crippen LogP) is 2.61. The summed E-state index contributed by atoms with van der Waals surface area (Å²) in [7, 11) is 0. The average molecular weight is 209 g/mol. The molecule has 0 bridgehead atoms. The highest BCUT2D eigenvalue weighted by Gasteiger charge is 2.33. The van der Waals surface area contributed by atoms with E-state index in [9.17, 15) is 17.6 Å². The molecular weight excluding hydrogens is 202 g/mol. The molecule has 0 saturated heterocycles. The van der Waals surface area contributed by atoms with Crippen LogP contribution >= 0.6 is 0 Å². The van der Waals surface area contributed by atoms with Gasteiger partial charge in [0.25, 0.3) is 0 Å². The number of rotatable bonds is 1. The third kappa shape index (κ3) is 2.27. The molecule has 78 valence electrons. The minimum Gasteiger partial charge on any atom is -0.402 e. The SMILES string of the molecule is Cc1c(N)ccc(F)c1OC(F)(F)F. The third-order valence-corrected chi connectivity index (χ3v) is 1.62. The summed E-state index contributed by atoms with van der Waals surface area (Å²) < 4.78 is 51.8. The number of halogens is 4. The van der Waals surface area contributed by atoms with Gasteiger partial charge in [-0.1, -0.05) is 0 Å². The number of nitrogens with two attached hydrogens (primary N) is 1. The van der Waals surface area contributed by atoms with E-state index in [1.807, 2.05) is 0 Å². The van der Waals surface area contributed by atoms with Gasteiger partial charge >= 0.3 is 6.36 Å². The van der Waals surface area contributed by atoms with Crippen molar-refractivity contribution in [1.29, 1.82) is 0 Å². The second kappa shape index (κ2) is 3.36. The van der Waals surface area contributed by atoms with Crippen molar-refractivity contribution in [3.63, 3.8) is 0 Å². The molecule has 0 aliphatic heterocycles. The number of hydrogen-bond acceptors (Lipinski definition) is 2. The zero-order valence-electron chi connectivity index (χ0n) is 7.15. The van der Waals surface area contributed by atoms with Gasteiger partial charge in [-0.05, 0) is 19.1 Å². The van der Waals surface area contributed by atoms with Gasteiger partial charge in [0.1, 0.15) is 0 Å². The summed E-state index contributed by atoms with van der Waals surface area (Å²) in [5, 5.41) is 0. The highest BCUT2D eigenvalue weighted by atomic mass is 19.4. The molecule has 0 amide bonds. The van der Waals surface area contributed by atoms with Crippen LogP contribution in [0.3, 0.4) is 0 Å². The molecule has 0 heterocycles. The number of nitrogen functional groups attached to an aromatic ring is 1. The van der Waals surface area contributed by atoms with E-state index in [-0.39, 0.29) is 11.3 Å². The number of ether oxygens (including phenoxy) is 1. The largest absolute Gasteiger partial charge is 0.573 e. The molecule has 1 aromatic carbocycles. The maximum atomic E-state index is 12.9. The van der Waals surface area contributed by atoms with Crippen molar-refractivity contribution >= 4 is 5.69 Å². The highest BCUT2D eigenvalue weighted by Crippen LogP contribution is 2.31. The van der Waals surface area contributed by atoms with Crippen molar-refractivity contribution in [3.8, 4) is 5.75 Å². The van der Waals surface area contributed by atoms with Crippen LogP contribution in [0, 0.1) is 12.7 Å². The molecule has 0 unspecified atom stereocenters. The lowest BCUT2D eigenvalue weighted by atomic mass is 10.2. The van der Waals surface area contributed by atoms with Crippen LogP contribution in [0.25, 0.3) is 0 Å². The predicted molar refractivity (Wildman–Crippen MR) is 42.2 cm³/mol. The van der Waals surface area contributed by atoms with E-state index in [0.29, 0.717) is 0 Å². The lowest BCUT2D eigenvalue weighted by Gasteiger charge is -2.13. The summed E-state index contributed by atoms with van der Waals surface area (Å²) in [6.45, 7) is 1.25. The topological polar surface area (TPSA) is 35.2 Å². The standard InChI is InChI=1S/C8H7F4NO/c1-4-6(13)3-2-5(9)7(4)14-8(10,11)12/h2-3H,13H2,1H3.